The standard InChI is InChI=1S/C40H64N2O12/c1-42(2)13-15-45-17-19-47-21-23-49-25-27-51-29-31-53-33-32-52-30-28-50-26-24-48-22-20-46-18-16-44-14-7-12-41-40(43)54-34-39-37-10-5-3-8-35(37)36-9-4-6-11-38(36)39/h3-6,8-11,39H,7,12-34H2,1-2H3,(H,41,43). The Kier molecular flexibility index (Phi) is 26.6. The third-order valence-electron chi connectivity index (χ3n) is 8.11. The van der Waals surface area contributed by atoms with Gasteiger partial charge in [0.05, 0.1) is 126 Å². The van der Waals surface area contributed by atoms with Crippen LogP contribution in [0.15, 0.2) is 48.5 Å². The number of nitrogens with one attached hydrogen (secondary N) is 1. The lowest BCUT2D eigenvalue weighted by atomic mass is 9.98. The van der Waals surface area contributed by atoms with Crippen molar-refractivity contribution in [3.8, 4) is 11.1 Å². The van der Waals surface area contributed by atoms with Crippen LogP contribution in [-0.4, -0.2) is 177 Å². The Labute approximate surface area is 321 Å². The summed E-state index contributed by atoms with van der Waals surface area (Å²) in [5, 5.41) is 2.81. The quantitative estimate of drug-likeness (QED) is 0.101. The fourth-order valence-electron chi connectivity index (χ4n) is 5.34. The number of hydrogen-bond acceptors (Lipinski definition) is 13. The molecule has 0 atom stereocenters. The molecule has 2 aromatic carbocycles. The number of benzene rings is 2. The van der Waals surface area contributed by atoms with Gasteiger partial charge in [0.15, 0.2) is 0 Å². The Hall–Kier alpha value is -2.73. The molecular weight excluding hydrogens is 700 g/mol. The summed E-state index contributed by atoms with van der Waals surface area (Å²) in [6.07, 6.45) is 0.272. The Bertz CT molecular complexity index is 1160. The largest absolute Gasteiger partial charge is 0.449 e. The number of ether oxygens (including phenoxy) is 11. The van der Waals surface area contributed by atoms with Gasteiger partial charge in [-0.3, -0.25) is 0 Å². The first kappa shape index (κ1) is 45.7. The lowest BCUT2D eigenvalue weighted by Gasteiger charge is -2.14. The Morgan fingerprint density at radius 1 is 0.500 bits per heavy atom. The second-order valence-corrected chi connectivity index (χ2v) is 12.5. The van der Waals surface area contributed by atoms with Crippen molar-refractivity contribution in [1.29, 1.82) is 0 Å². The van der Waals surface area contributed by atoms with Crippen LogP contribution in [0.2, 0.25) is 0 Å². The van der Waals surface area contributed by atoms with Gasteiger partial charge in [0.25, 0.3) is 0 Å². The maximum absolute atomic E-state index is 12.3. The highest BCUT2D eigenvalue weighted by Crippen LogP contribution is 2.44. The smallest absolute Gasteiger partial charge is 0.407 e. The lowest BCUT2D eigenvalue weighted by Crippen LogP contribution is -2.27. The Balaban J connectivity index is 0.948. The van der Waals surface area contributed by atoms with Crippen molar-refractivity contribution in [2.75, 3.05) is 166 Å². The van der Waals surface area contributed by atoms with Gasteiger partial charge < -0.3 is 62.3 Å². The molecule has 0 saturated heterocycles. The second kappa shape index (κ2) is 31.5. The third-order valence-corrected chi connectivity index (χ3v) is 8.11. The molecule has 1 aliphatic carbocycles. The molecule has 0 aliphatic heterocycles. The van der Waals surface area contributed by atoms with E-state index in [1.165, 1.54) is 22.3 Å². The summed E-state index contributed by atoms with van der Waals surface area (Å²) >= 11 is 0. The number of amides is 1. The monoisotopic (exact) mass is 764 g/mol. The van der Waals surface area contributed by atoms with E-state index in [-0.39, 0.29) is 5.92 Å². The first-order valence-corrected chi connectivity index (χ1v) is 19.2. The van der Waals surface area contributed by atoms with Crippen LogP contribution in [0.3, 0.4) is 0 Å². The first-order chi connectivity index (χ1) is 26.7. The van der Waals surface area contributed by atoms with Gasteiger partial charge in [-0.05, 0) is 42.8 Å². The van der Waals surface area contributed by atoms with E-state index < -0.39 is 6.09 Å². The third kappa shape index (κ3) is 21.4. The summed E-state index contributed by atoms with van der Waals surface area (Å²) in [5.41, 5.74) is 4.81. The summed E-state index contributed by atoms with van der Waals surface area (Å²) in [7, 11) is 4.04. The van der Waals surface area contributed by atoms with Crippen molar-refractivity contribution in [2.45, 2.75) is 12.3 Å². The van der Waals surface area contributed by atoms with Crippen molar-refractivity contribution in [1.82, 2.24) is 10.2 Å². The van der Waals surface area contributed by atoms with Crippen LogP contribution in [0.1, 0.15) is 23.5 Å². The van der Waals surface area contributed by atoms with E-state index in [1.807, 2.05) is 38.4 Å². The molecule has 14 heteroatoms. The number of likely N-dealkylation sites (N-methyl/N-ethyl adjacent to an activating group) is 1. The summed E-state index contributed by atoms with van der Waals surface area (Å²) in [5.74, 6) is 0.0507. The van der Waals surface area contributed by atoms with E-state index in [0.717, 1.165) is 6.54 Å². The molecule has 14 nitrogen and oxygen atoms in total. The highest BCUT2D eigenvalue weighted by atomic mass is 16.6. The van der Waals surface area contributed by atoms with E-state index in [4.69, 9.17) is 52.1 Å². The molecule has 0 heterocycles. The van der Waals surface area contributed by atoms with Gasteiger partial charge in [-0.2, -0.15) is 0 Å². The molecule has 306 valence electrons. The normalized spacial score (nSPS) is 12.4. The summed E-state index contributed by atoms with van der Waals surface area (Å²) in [6.45, 7) is 12.2. The lowest BCUT2D eigenvalue weighted by molar-refractivity contribution is -0.0265. The number of rotatable bonds is 36. The molecule has 0 unspecified atom stereocenters. The number of alkyl carbamates (subject to hydrolysis) is 1. The maximum Gasteiger partial charge on any atom is 0.407 e. The topological polar surface area (TPSA) is 134 Å². The van der Waals surface area contributed by atoms with E-state index in [1.54, 1.807) is 0 Å². The zero-order valence-electron chi connectivity index (χ0n) is 32.5. The van der Waals surface area contributed by atoms with Gasteiger partial charge in [0, 0.05) is 25.6 Å². The summed E-state index contributed by atoms with van der Waals surface area (Å²) in [4.78, 5) is 14.3. The highest BCUT2D eigenvalue weighted by molar-refractivity contribution is 5.79. The van der Waals surface area contributed by atoms with Gasteiger partial charge in [0.1, 0.15) is 6.61 Å². The average molecular weight is 765 g/mol. The number of carbonyl (C=O) groups excluding carboxylic acids is 1. The van der Waals surface area contributed by atoms with Crippen molar-refractivity contribution < 1.29 is 56.9 Å². The highest BCUT2D eigenvalue weighted by Gasteiger charge is 2.28. The SMILES string of the molecule is CN(C)CCOCCOCCOCCOCCOCCOCCOCCOCCOCCOCCCNC(=O)OCC1c2ccccc2-c2ccccc21. The number of carbonyl (C=O) groups is 1. The number of nitrogens with zero attached hydrogens (tertiary/aromatic N) is 1. The van der Waals surface area contributed by atoms with Crippen LogP contribution in [0.25, 0.3) is 11.1 Å². The second-order valence-electron chi connectivity index (χ2n) is 12.5. The molecule has 0 bridgehead atoms. The van der Waals surface area contributed by atoms with Gasteiger partial charge in [-0.15, -0.1) is 0 Å². The van der Waals surface area contributed by atoms with Crippen molar-refractivity contribution in [3.05, 3.63) is 59.7 Å². The predicted molar refractivity (Wildman–Crippen MR) is 204 cm³/mol. The van der Waals surface area contributed by atoms with Gasteiger partial charge in [-0.1, -0.05) is 48.5 Å². The molecule has 1 N–H and O–H groups in total. The molecule has 1 aliphatic rings. The minimum atomic E-state index is -0.414. The fourth-order valence-corrected chi connectivity index (χ4v) is 5.34. The van der Waals surface area contributed by atoms with Crippen molar-refractivity contribution in [2.24, 2.45) is 0 Å². The molecule has 0 saturated carbocycles. The molecule has 54 heavy (non-hydrogen) atoms. The van der Waals surface area contributed by atoms with Crippen LogP contribution < -0.4 is 5.32 Å². The van der Waals surface area contributed by atoms with E-state index in [2.05, 4.69) is 34.5 Å². The molecular formula is C40H64N2O12. The molecule has 2 aromatic rings. The molecule has 0 radical (unpaired) electrons. The van der Waals surface area contributed by atoms with Crippen molar-refractivity contribution in [3.63, 3.8) is 0 Å². The molecule has 0 spiro atoms. The van der Waals surface area contributed by atoms with Crippen LogP contribution in [0, 0.1) is 0 Å². The predicted octanol–water partition coefficient (Wildman–Crippen LogP) is 3.64. The fraction of sp³-hybridized carbons (Fsp3) is 0.675. The van der Waals surface area contributed by atoms with E-state index >= 15 is 0 Å². The van der Waals surface area contributed by atoms with Crippen LogP contribution in [-0.2, 0) is 52.1 Å². The minimum absolute atomic E-state index is 0.0507. The molecule has 3 rings (SSSR count). The van der Waals surface area contributed by atoms with Gasteiger partial charge in [-0.25, -0.2) is 4.79 Å². The summed E-state index contributed by atoms with van der Waals surface area (Å²) in [6, 6.07) is 16.6. The minimum Gasteiger partial charge on any atom is -0.449 e. The Morgan fingerprint density at radius 3 is 1.20 bits per heavy atom. The molecule has 1 amide bonds. The van der Waals surface area contributed by atoms with E-state index in [0.29, 0.717) is 152 Å². The van der Waals surface area contributed by atoms with Gasteiger partial charge in [0.2, 0.25) is 0 Å². The van der Waals surface area contributed by atoms with Gasteiger partial charge >= 0.3 is 6.09 Å². The van der Waals surface area contributed by atoms with Crippen LogP contribution in [0.5, 0.6) is 0 Å². The van der Waals surface area contributed by atoms with E-state index in [9.17, 15) is 4.79 Å². The number of hydrogen-bond donors (Lipinski definition) is 1. The van der Waals surface area contributed by atoms with Crippen LogP contribution in [0.4, 0.5) is 4.79 Å². The van der Waals surface area contributed by atoms with Crippen LogP contribution >= 0.6 is 0 Å². The van der Waals surface area contributed by atoms with Crippen molar-refractivity contribution >= 4 is 6.09 Å². The summed E-state index contributed by atoms with van der Waals surface area (Å²) < 4.78 is 60.6. The first-order valence-electron chi connectivity index (χ1n) is 19.2. The Morgan fingerprint density at radius 2 is 0.833 bits per heavy atom. The maximum atomic E-state index is 12.3. The molecule has 0 aromatic heterocycles. The zero-order chi connectivity index (χ0) is 38.2. The average Bonchev–Trinajstić information content (AvgIpc) is 3.50. The molecule has 0 fully saturated rings. The number of fused-ring (bicyclic) bond motifs is 3. The zero-order valence-corrected chi connectivity index (χ0v) is 32.5.